The third kappa shape index (κ3) is 3.44. The van der Waals surface area contributed by atoms with E-state index in [4.69, 9.17) is 9.26 Å². The van der Waals surface area contributed by atoms with Crippen molar-refractivity contribution < 1.29 is 9.26 Å². The van der Waals surface area contributed by atoms with E-state index in [0.717, 1.165) is 39.2 Å². The zero-order valence-corrected chi connectivity index (χ0v) is 15.4. The summed E-state index contributed by atoms with van der Waals surface area (Å²) in [7, 11) is 1.63. The molecule has 0 amide bonds. The maximum Gasteiger partial charge on any atom is 0.145 e. The monoisotopic (exact) mass is 361 g/mol. The maximum atomic E-state index is 5.56. The van der Waals surface area contributed by atoms with Crippen LogP contribution in [0.4, 0.5) is 5.82 Å². The van der Waals surface area contributed by atoms with Crippen LogP contribution in [0, 0.1) is 13.8 Å². The first kappa shape index (κ1) is 17.0. The predicted octanol–water partition coefficient (Wildman–Crippen LogP) is 3.92. The summed E-state index contributed by atoms with van der Waals surface area (Å²) in [5.41, 5.74) is 4.46. The van der Waals surface area contributed by atoms with Crippen molar-refractivity contribution in [2.24, 2.45) is 0 Å². The molecule has 3 heterocycles. The van der Waals surface area contributed by atoms with Crippen LogP contribution in [-0.4, -0.2) is 27.2 Å². The molecule has 4 aromatic rings. The Morgan fingerprint density at radius 1 is 1.07 bits per heavy atom. The third-order valence-corrected chi connectivity index (χ3v) is 4.24. The second kappa shape index (κ2) is 7.03. The Balaban J connectivity index is 1.77. The van der Waals surface area contributed by atoms with Crippen LogP contribution >= 0.6 is 0 Å². The normalized spacial score (nSPS) is 10.9. The van der Waals surface area contributed by atoms with Crippen LogP contribution in [0.15, 0.2) is 47.4 Å². The van der Waals surface area contributed by atoms with E-state index in [2.05, 4.69) is 25.4 Å². The molecule has 1 aromatic carbocycles. The molecule has 0 aliphatic carbocycles. The van der Waals surface area contributed by atoms with Gasteiger partial charge in [-0.3, -0.25) is 4.98 Å². The fraction of sp³-hybridized carbons (Fsp3) is 0.200. The van der Waals surface area contributed by atoms with Crippen molar-refractivity contribution in [3.8, 4) is 17.0 Å². The zero-order chi connectivity index (χ0) is 18.8. The van der Waals surface area contributed by atoms with Crippen LogP contribution in [-0.2, 0) is 6.54 Å². The number of aromatic nitrogens is 4. The van der Waals surface area contributed by atoms with Crippen LogP contribution in [0.25, 0.3) is 22.2 Å². The number of aryl methyl sites for hydroxylation is 2. The van der Waals surface area contributed by atoms with Gasteiger partial charge in [0.05, 0.1) is 19.3 Å². The molecule has 0 bridgehead atoms. The highest BCUT2D eigenvalue weighted by Crippen LogP contribution is 2.33. The molecule has 136 valence electrons. The minimum atomic E-state index is 0.499. The average molecular weight is 361 g/mol. The molecule has 0 aliphatic rings. The molecule has 7 nitrogen and oxygen atoms in total. The van der Waals surface area contributed by atoms with Gasteiger partial charge in [-0.1, -0.05) is 11.2 Å². The Kier molecular flexibility index (Phi) is 4.42. The number of nitrogens with zero attached hydrogens (tertiary/aromatic N) is 4. The fourth-order valence-corrected chi connectivity index (χ4v) is 2.89. The van der Waals surface area contributed by atoms with Gasteiger partial charge in [-0.15, -0.1) is 0 Å². The molecule has 0 fully saturated rings. The largest absolute Gasteiger partial charge is 0.494 e. The summed E-state index contributed by atoms with van der Waals surface area (Å²) in [6.07, 6.45) is 3.37. The minimum absolute atomic E-state index is 0.499. The molecule has 1 N–H and O–H groups in total. The molecule has 0 saturated heterocycles. The number of anilines is 1. The minimum Gasteiger partial charge on any atom is -0.494 e. The van der Waals surface area contributed by atoms with Crippen LogP contribution in [0.2, 0.25) is 0 Å². The van der Waals surface area contributed by atoms with Crippen molar-refractivity contribution in [2.75, 3.05) is 12.4 Å². The molecule has 0 saturated carbocycles. The summed E-state index contributed by atoms with van der Waals surface area (Å²) in [5, 5.41) is 8.17. The Morgan fingerprint density at radius 2 is 1.96 bits per heavy atom. The van der Waals surface area contributed by atoms with Crippen LogP contribution < -0.4 is 10.1 Å². The summed E-state index contributed by atoms with van der Waals surface area (Å²) < 4.78 is 10.7. The van der Waals surface area contributed by atoms with E-state index in [-0.39, 0.29) is 0 Å². The lowest BCUT2D eigenvalue weighted by atomic mass is 10.1. The predicted molar refractivity (Wildman–Crippen MR) is 103 cm³/mol. The molecule has 3 aromatic heterocycles. The van der Waals surface area contributed by atoms with Gasteiger partial charge in [0, 0.05) is 23.2 Å². The summed E-state index contributed by atoms with van der Waals surface area (Å²) >= 11 is 0. The van der Waals surface area contributed by atoms with E-state index in [9.17, 15) is 0 Å². The first-order valence-corrected chi connectivity index (χ1v) is 8.56. The Morgan fingerprint density at radius 3 is 2.67 bits per heavy atom. The quantitative estimate of drug-likeness (QED) is 0.576. The van der Waals surface area contributed by atoms with Gasteiger partial charge in [0.25, 0.3) is 0 Å². The van der Waals surface area contributed by atoms with E-state index < -0.39 is 0 Å². The van der Waals surface area contributed by atoms with Gasteiger partial charge in [0.1, 0.15) is 34.9 Å². The molecule has 7 heteroatoms. The van der Waals surface area contributed by atoms with Gasteiger partial charge in [-0.2, -0.15) is 0 Å². The molecular formula is C20H19N5O2. The Hall–Kier alpha value is -3.48. The van der Waals surface area contributed by atoms with Gasteiger partial charge in [0.15, 0.2) is 0 Å². The second-order valence-electron chi connectivity index (χ2n) is 6.30. The van der Waals surface area contributed by atoms with Crippen molar-refractivity contribution in [3.05, 3.63) is 59.9 Å². The number of pyridine rings is 1. The lowest BCUT2D eigenvalue weighted by Gasteiger charge is -2.12. The van der Waals surface area contributed by atoms with Crippen molar-refractivity contribution in [3.63, 3.8) is 0 Å². The van der Waals surface area contributed by atoms with Gasteiger partial charge in [-0.05, 0) is 37.6 Å². The Bertz CT molecular complexity index is 1090. The standard InChI is InChI=1S/C20H19N5O2/c1-12-4-5-17(21-9-12)14-7-16-19(18(8-14)26-3)23-11-24-20(16)22-10-15-6-13(2)27-25-15/h4-9,11H,10H2,1-3H3,(H,22,23,24). The summed E-state index contributed by atoms with van der Waals surface area (Å²) in [5.74, 6) is 2.15. The highest BCUT2D eigenvalue weighted by molar-refractivity contribution is 5.96. The number of nitrogens with one attached hydrogen (secondary N) is 1. The van der Waals surface area contributed by atoms with Crippen molar-refractivity contribution >= 4 is 16.7 Å². The Labute approximate surface area is 156 Å². The number of ether oxygens (including phenoxy) is 1. The number of hydrogen-bond donors (Lipinski definition) is 1. The molecule has 0 radical (unpaired) electrons. The topological polar surface area (TPSA) is 86.0 Å². The third-order valence-electron chi connectivity index (χ3n) is 4.24. The smallest absolute Gasteiger partial charge is 0.145 e. The van der Waals surface area contributed by atoms with Crippen molar-refractivity contribution in [1.82, 2.24) is 20.1 Å². The highest BCUT2D eigenvalue weighted by atomic mass is 16.5. The van der Waals surface area contributed by atoms with Crippen LogP contribution in [0.5, 0.6) is 5.75 Å². The van der Waals surface area contributed by atoms with E-state index in [1.807, 2.05) is 50.4 Å². The zero-order valence-electron chi connectivity index (χ0n) is 15.4. The van der Waals surface area contributed by atoms with Gasteiger partial charge in [0.2, 0.25) is 0 Å². The number of rotatable bonds is 5. The molecule has 0 unspecified atom stereocenters. The summed E-state index contributed by atoms with van der Waals surface area (Å²) in [6, 6.07) is 9.87. The molecule has 4 rings (SSSR count). The second-order valence-corrected chi connectivity index (χ2v) is 6.30. The van der Waals surface area contributed by atoms with Gasteiger partial charge in [-0.25, -0.2) is 9.97 Å². The van der Waals surface area contributed by atoms with Crippen molar-refractivity contribution in [2.45, 2.75) is 20.4 Å². The van der Waals surface area contributed by atoms with Crippen LogP contribution in [0.1, 0.15) is 17.0 Å². The molecule has 27 heavy (non-hydrogen) atoms. The first-order chi connectivity index (χ1) is 13.1. The lowest BCUT2D eigenvalue weighted by Crippen LogP contribution is -2.03. The van der Waals surface area contributed by atoms with Crippen molar-refractivity contribution in [1.29, 1.82) is 0 Å². The maximum absolute atomic E-state index is 5.56. The number of benzene rings is 1. The lowest BCUT2D eigenvalue weighted by molar-refractivity contribution is 0.391. The van der Waals surface area contributed by atoms with Crippen LogP contribution in [0.3, 0.4) is 0 Å². The van der Waals surface area contributed by atoms with Gasteiger partial charge >= 0.3 is 0 Å². The number of fused-ring (bicyclic) bond motifs is 1. The average Bonchev–Trinajstić information content (AvgIpc) is 3.11. The highest BCUT2D eigenvalue weighted by Gasteiger charge is 2.13. The molecular weight excluding hydrogens is 342 g/mol. The molecule has 0 atom stereocenters. The molecule has 0 spiro atoms. The fourth-order valence-electron chi connectivity index (χ4n) is 2.89. The van der Waals surface area contributed by atoms with E-state index in [1.165, 1.54) is 6.33 Å². The summed E-state index contributed by atoms with van der Waals surface area (Å²) in [4.78, 5) is 13.3. The molecule has 0 aliphatic heterocycles. The summed E-state index contributed by atoms with van der Waals surface area (Å²) in [6.45, 7) is 4.38. The number of methoxy groups -OCH3 is 1. The van der Waals surface area contributed by atoms with E-state index in [1.54, 1.807) is 7.11 Å². The SMILES string of the molecule is COc1cc(-c2ccc(C)cn2)cc2c(NCc3cc(C)on3)ncnc12. The van der Waals surface area contributed by atoms with E-state index >= 15 is 0 Å². The van der Waals surface area contributed by atoms with E-state index in [0.29, 0.717) is 18.1 Å². The first-order valence-electron chi connectivity index (χ1n) is 8.56. The number of hydrogen-bond acceptors (Lipinski definition) is 7. The van der Waals surface area contributed by atoms with Gasteiger partial charge < -0.3 is 14.6 Å².